The Morgan fingerprint density at radius 3 is 2.64 bits per heavy atom. The molecule has 166 valence electrons. The van der Waals surface area contributed by atoms with E-state index in [1.54, 1.807) is 56.3 Å². The van der Waals surface area contributed by atoms with Gasteiger partial charge in [-0.3, -0.25) is 19.1 Å². The number of hydrogen-bond donors (Lipinski definition) is 1. The molecule has 3 rings (SSSR count). The lowest BCUT2D eigenvalue weighted by molar-refractivity contribution is 0.102. The number of aromatic nitrogens is 3. The Kier molecular flexibility index (Phi) is 7.21. The second-order valence-corrected chi connectivity index (χ2v) is 8.02. The van der Waals surface area contributed by atoms with Crippen molar-refractivity contribution < 1.29 is 4.79 Å². The minimum absolute atomic E-state index is 0.00288. The van der Waals surface area contributed by atoms with E-state index in [4.69, 9.17) is 16.9 Å². The summed E-state index contributed by atoms with van der Waals surface area (Å²) in [4.78, 5) is 45.6. The van der Waals surface area contributed by atoms with Crippen LogP contribution in [0.2, 0.25) is 5.15 Å². The maximum Gasteiger partial charge on any atom is 0.329 e. The zero-order valence-electron chi connectivity index (χ0n) is 18.1. The molecule has 3 aromatic rings. The van der Waals surface area contributed by atoms with Gasteiger partial charge in [-0.05, 0) is 59.0 Å². The highest BCUT2D eigenvalue weighted by Gasteiger charge is 2.25. The first-order chi connectivity index (χ1) is 15.7. The van der Waals surface area contributed by atoms with Gasteiger partial charge in [0.15, 0.2) is 0 Å². The van der Waals surface area contributed by atoms with Crippen molar-refractivity contribution in [3.8, 4) is 6.07 Å². The predicted octanol–water partition coefficient (Wildman–Crippen LogP) is 4.17. The quantitative estimate of drug-likeness (QED) is 0.323. The van der Waals surface area contributed by atoms with Crippen LogP contribution in [0.4, 0.5) is 0 Å². The number of aromatic amines is 1. The number of carbonyl (C=O) groups is 1. The van der Waals surface area contributed by atoms with Crippen molar-refractivity contribution in [1.29, 1.82) is 5.26 Å². The van der Waals surface area contributed by atoms with Crippen LogP contribution in [0, 0.1) is 11.3 Å². The molecule has 0 aliphatic rings. The smallest absolute Gasteiger partial charge is 0.287 e. The van der Waals surface area contributed by atoms with E-state index in [0.717, 1.165) is 0 Å². The van der Waals surface area contributed by atoms with E-state index >= 15 is 0 Å². The Morgan fingerprint density at radius 1 is 1.27 bits per heavy atom. The van der Waals surface area contributed by atoms with Crippen molar-refractivity contribution >= 4 is 29.5 Å². The molecule has 0 atom stereocenters. The van der Waals surface area contributed by atoms with Crippen LogP contribution in [0.5, 0.6) is 0 Å². The first kappa shape index (κ1) is 23.6. The molecule has 0 saturated carbocycles. The van der Waals surface area contributed by atoms with Crippen LogP contribution >= 0.6 is 11.6 Å². The van der Waals surface area contributed by atoms with E-state index in [1.165, 1.54) is 16.8 Å². The fraction of sp³-hybridized carbons (Fsp3) is 0.160. The molecule has 2 heterocycles. The second-order valence-electron chi connectivity index (χ2n) is 7.63. The molecule has 8 heteroatoms. The van der Waals surface area contributed by atoms with Gasteiger partial charge in [-0.1, -0.05) is 38.1 Å². The molecule has 0 amide bonds. The van der Waals surface area contributed by atoms with Gasteiger partial charge in [0.05, 0.1) is 12.6 Å². The number of benzene rings is 1. The average Bonchev–Trinajstić information content (AvgIpc) is 2.78. The number of nitrogens with one attached hydrogen (secondary N) is 1. The highest BCUT2D eigenvalue weighted by Crippen LogP contribution is 2.22. The lowest BCUT2D eigenvalue weighted by atomic mass is 9.94. The monoisotopic (exact) mass is 460 g/mol. The topological polar surface area (TPSA) is 109 Å². The lowest BCUT2D eigenvalue weighted by Gasteiger charge is -2.18. The number of rotatable bonds is 7. The second kappa shape index (κ2) is 10.1. The summed E-state index contributed by atoms with van der Waals surface area (Å²) in [6, 6.07) is 10.2. The third-order valence-corrected chi connectivity index (χ3v) is 5.19. The number of nitrogens with zero attached hydrogens (tertiary/aromatic N) is 3. The van der Waals surface area contributed by atoms with Crippen LogP contribution in [0.1, 0.15) is 58.1 Å². The summed E-state index contributed by atoms with van der Waals surface area (Å²) in [7, 11) is 0. The summed E-state index contributed by atoms with van der Waals surface area (Å²) in [5, 5.41) is 9.10. The summed E-state index contributed by atoms with van der Waals surface area (Å²) in [5.41, 5.74) is 1.08. The maximum absolute atomic E-state index is 13.8. The third kappa shape index (κ3) is 5.25. The van der Waals surface area contributed by atoms with E-state index < -0.39 is 17.0 Å². The number of nitriles is 1. The molecule has 7 nitrogen and oxygen atoms in total. The van der Waals surface area contributed by atoms with Crippen molar-refractivity contribution in [2.24, 2.45) is 0 Å². The van der Waals surface area contributed by atoms with E-state index in [9.17, 15) is 14.4 Å². The van der Waals surface area contributed by atoms with Gasteiger partial charge in [-0.15, -0.1) is 0 Å². The molecule has 2 aromatic heterocycles. The normalized spacial score (nSPS) is 11.0. The van der Waals surface area contributed by atoms with Gasteiger partial charge in [0, 0.05) is 23.4 Å². The number of carbonyl (C=O) groups excluding carboxylic acids is 1. The Labute approximate surface area is 195 Å². The largest absolute Gasteiger partial charge is 0.329 e. The van der Waals surface area contributed by atoms with E-state index in [0.29, 0.717) is 16.7 Å². The van der Waals surface area contributed by atoms with Crippen molar-refractivity contribution in [3.05, 3.63) is 109 Å². The van der Waals surface area contributed by atoms with Gasteiger partial charge in [0.1, 0.15) is 10.8 Å². The van der Waals surface area contributed by atoms with Gasteiger partial charge < -0.3 is 0 Å². The van der Waals surface area contributed by atoms with Gasteiger partial charge in [-0.25, -0.2) is 9.78 Å². The van der Waals surface area contributed by atoms with Gasteiger partial charge in [0.25, 0.3) is 5.56 Å². The SMILES string of the molecule is C=Cc1cc(/C=C/C#N)cc(C(=O)c2c(C(C)C)c(=O)[nH]c(=O)n2Cc2ccnc(Cl)c2)c1. The van der Waals surface area contributed by atoms with Crippen LogP contribution in [-0.2, 0) is 6.54 Å². The molecule has 1 N–H and O–H groups in total. The highest BCUT2D eigenvalue weighted by atomic mass is 35.5. The predicted molar refractivity (Wildman–Crippen MR) is 128 cm³/mol. The minimum atomic E-state index is -0.704. The summed E-state index contributed by atoms with van der Waals surface area (Å²) < 4.78 is 1.25. The Bertz CT molecular complexity index is 1420. The Hall–Kier alpha value is -4.02. The van der Waals surface area contributed by atoms with Crippen LogP contribution in [0.3, 0.4) is 0 Å². The van der Waals surface area contributed by atoms with Crippen molar-refractivity contribution in [2.75, 3.05) is 0 Å². The summed E-state index contributed by atoms with van der Waals surface area (Å²) in [6.07, 6.45) is 5.94. The molecule has 0 aliphatic carbocycles. The zero-order chi connectivity index (χ0) is 24.1. The third-order valence-electron chi connectivity index (χ3n) is 4.99. The molecule has 0 fully saturated rings. The number of pyridine rings is 1. The molecule has 0 aliphatic heterocycles. The molecular formula is C25H21ClN4O3. The Balaban J connectivity index is 2.29. The molecular weight excluding hydrogens is 440 g/mol. The maximum atomic E-state index is 13.8. The number of ketones is 1. The van der Waals surface area contributed by atoms with E-state index in [-0.39, 0.29) is 34.4 Å². The fourth-order valence-corrected chi connectivity index (χ4v) is 3.73. The van der Waals surface area contributed by atoms with Gasteiger partial charge in [0.2, 0.25) is 5.78 Å². The average molecular weight is 461 g/mol. The van der Waals surface area contributed by atoms with Crippen LogP contribution in [-0.4, -0.2) is 20.3 Å². The van der Waals surface area contributed by atoms with Crippen LogP contribution < -0.4 is 11.2 Å². The Morgan fingerprint density at radius 2 is 2.00 bits per heavy atom. The van der Waals surface area contributed by atoms with Crippen LogP contribution in [0.15, 0.2) is 58.8 Å². The summed E-state index contributed by atoms with van der Waals surface area (Å²) >= 11 is 5.99. The van der Waals surface area contributed by atoms with Gasteiger partial charge >= 0.3 is 5.69 Å². The zero-order valence-corrected chi connectivity index (χ0v) is 18.9. The summed E-state index contributed by atoms with van der Waals surface area (Å²) in [6.45, 7) is 7.32. The number of allylic oxidation sites excluding steroid dienone is 1. The van der Waals surface area contributed by atoms with Crippen molar-refractivity contribution in [2.45, 2.75) is 26.3 Å². The highest BCUT2D eigenvalue weighted by molar-refractivity contribution is 6.29. The molecule has 0 spiro atoms. The molecule has 0 saturated heterocycles. The molecule has 0 bridgehead atoms. The van der Waals surface area contributed by atoms with Gasteiger partial charge in [-0.2, -0.15) is 5.26 Å². The first-order valence-corrected chi connectivity index (χ1v) is 10.5. The number of hydrogen-bond acceptors (Lipinski definition) is 5. The first-order valence-electron chi connectivity index (χ1n) is 10.1. The number of H-pyrrole nitrogens is 1. The molecule has 1 aromatic carbocycles. The molecule has 33 heavy (non-hydrogen) atoms. The fourth-order valence-electron chi connectivity index (χ4n) is 3.53. The van der Waals surface area contributed by atoms with Crippen LogP contribution in [0.25, 0.3) is 12.2 Å². The van der Waals surface area contributed by atoms with E-state index in [2.05, 4.69) is 16.5 Å². The van der Waals surface area contributed by atoms with Crippen molar-refractivity contribution in [1.82, 2.24) is 14.5 Å². The summed E-state index contributed by atoms with van der Waals surface area (Å²) in [5.74, 6) is -0.821. The van der Waals surface area contributed by atoms with Crippen molar-refractivity contribution in [3.63, 3.8) is 0 Å². The van der Waals surface area contributed by atoms with E-state index in [1.807, 2.05) is 6.07 Å². The lowest BCUT2D eigenvalue weighted by Crippen LogP contribution is -2.38. The molecule has 0 unspecified atom stereocenters. The molecule has 0 radical (unpaired) electrons. The minimum Gasteiger partial charge on any atom is -0.287 e. The standard InChI is InChI=1S/C25H21ClN4O3/c1-4-16-10-17(6-5-8-27)12-19(11-16)23(31)22-21(15(2)3)24(32)29-25(33)30(22)14-18-7-9-28-20(26)13-18/h4-7,9-13,15H,1,14H2,2-3H3,(H,29,32,33)/b6-5+. The number of halogens is 1.